The van der Waals surface area contributed by atoms with E-state index in [-0.39, 0.29) is 36.2 Å². The third-order valence-corrected chi connectivity index (χ3v) is 10.2. The molecular weight excluding hydrogens is 608 g/mol. The standard InChI is InChI=1S/C39H40N2O7/c1-40-20-46-35-18-31-30-15-24(14-21-3-9-32-22(13-21)11-12-41-32)29-17-25(43)5-7-27(29)36(30)39-28(8-6-26(19-42)47-39)38(31)48-37(35)23-4-10-33(44)34(16-23)45-2/h3-5,7,9-11,13,16-17,24,26,35,37,40,42-44H,6,8,12,14-15,18-20H2,1-2H3/t24-,26-,35-,37-/m1/s1. The Morgan fingerprint density at radius 1 is 0.958 bits per heavy atom. The summed E-state index contributed by atoms with van der Waals surface area (Å²) < 4.78 is 25.5. The second-order valence-electron chi connectivity index (χ2n) is 13.1. The number of nitrogens with one attached hydrogen (secondary N) is 1. The second-order valence-corrected chi connectivity index (χ2v) is 13.1. The van der Waals surface area contributed by atoms with Crippen LogP contribution in [0.15, 0.2) is 59.6 Å². The molecule has 48 heavy (non-hydrogen) atoms. The second kappa shape index (κ2) is 12.5. The number of nitrogens with zero attached hydrogens (tertiary/aromatic N) is 1. The number of hydrogen-bond acceptors (Lipinski definition) is 9. The van der Waals surface area contributed by atoms with E-state index >= 15 is 0 Å². The lowest BCUT2D eigenvalue weighted by Gasteiger charge is -2.41. The third kappa shape index (κ3) is 5.26. The Kier molecular flexibility index (Phi) is 7.99. The number of fused-ring (bicyclic) bond motifs is 9. The van der Waals surface area contributed by atoms with Gasteiger partial charge in [-0.15, -0.1) is 0 Å². The first-order valence-corrected chi connectivity index (χ1v) is 16.7. The molecule has 9 heteroatoms. The van der Waals surface area contributed by atoms with Crippen LogP contribution in [-0.2, 0) is 30.4 Å². The molecule has 4 atom stereocenters. The van der Waals surface area contributed by atoms with E-state index in [1.54, 1.807) is 12.1 Å². The Bertz CT molecular complexity index is 2030. The summed E-state index contributed by atoms with van der Waals surface area (Å²) in [5.41, 5.74) is 8.48. The van der Waals surface area contributed by atoms with Gasteiger partial charge in [0.2, 0.25) is 0 Å². The van der Waals surface area contributed by atoms with Crippen LogP contribution in [0.3, 0.4) is 0 Å². The van der Waals surface area contributed by atoms with Gasteiger partial charge in [0.05, 0.1) is 32.3 Å². The van der Waals surface area contributed by atoms with Crippen molar-refractivity contribution in [2.24, 2.45) is 4.99 Å². The van der Waals surface area contributed by atoms with Gasteiger partial charge in [-0.1, -0.05) is 24.3 Å². The molecule has 4 N–H and O–H groups in total. The maximum absolute atomic E-state index is 10.7. The van der Waals surface area contributed by atoms with Crippen molar-refractivity contribution in [1.82, 2.24) is 5.32 Å². The molecule has 248 valence electrons. The van der Waals surface area contributed by atoms with Gasteiger partial charge in [0.25, 0.3) is 0 Å². The van der Waals surface area contributed by atoms with E-state index in [0.717, 1.165) is 68.6 Å². The molecule has 0 unspecified atom stereocenters. The summed E-state index contributed by atoms with van der Waals surface area (Å²) in [4.78, 5) is 4.57. The summed E-state index contributed by atoms with van der Waals surface area (Å²) >= 11 is 0. The topological polar surface area (TPSA) is 122 Å². The van der Waals surface area contributed by atoms with Crippen LogP contribution >= 0.6 is 0 Å². The van der Waals surface area contributed by atoms with E-state index in [1.807, 2.05) is 31.3 Å². The lowest BCUT2D eigenvalue weighted by atomic mass is 9.72. The number of hydrogen-bond donors (Lipinski definition) is 4. The van der Waals surface area contributed by atoms with E-state index in [4.69, 9.17) is 18.9 Å². The number of aliphatic hydroxyl groups excluding tert-OH is 1. The molecular formula is C39H40N2O7. The molecule has 4 aliphatic rings. The fraction of sp³-hybridized carbons (Fsp3) is 0.359. The zero-order valence-electron chi connectivity index (χ0n) is 27.2. The Hall–Kier alpha value is -4.57. The lowest BCUT2D eigenvalue weighted by molar-refractivity contribution is -0.0436. The molecule has 0 saturated heterocycles. The molecule has 0 radical (unpaired) electrons. The summed E-state index contributed by atoms with van der Waals surface area (Å²) in [6, 6.07) is 17.5. The molecule has 8 rings (SSSR count). The number of methoxy groups -OCH3 is 1. The van der Waals surface area contributed by atoms with Crippen LogP contribution < -0.4 is 30.1 Å². The smallest absolute Gasteiger partial charge is 0.160 e. The van der Waals surface area contributed by atoms with Crippen LogP contribution in [0.1, 0.15) is 51.8 Å². The van der Waals surface area contributed by atoms with Gasteiger partial charge < -0.3 is 34.3 Å². The van der Waals surface area contributed by atoms with Gasteiger partial charge in [-0.25, -0.2) is 0 Å². The number of aromatic hydroxyl groups is 2. The Morgan fingerprint density at radius 2 is 1.85 bits per heavy atom. The zero-order valence-corrected chi connectivity index (χ0v) is 27.2. The Morgan fingerprint density at radius 3 is 2.69 bits per heavy atom. The monoisotopic (exact) mass is 648 g/mol. The van der Waals surface area contributed by atoms with Crippen molar-refractivity contribution in [3.8, 4) is 39.9 Å². The average Bonchev–Trinajstić information content (AvgIpc) is 3.58. The molecule has 0 amide bonds. The third-order valence-electron chi connectivity index (χ3n) is 10.2. The van der Waals surface area contributed by atoms with E-state index in [9.17, 15) is 15.3 Å². The van der Waals surface area contributed by atoms with Crippen LogP contribution in [0.5, 0.6) is 28.7 Å². The van der Waals surface area contributed by atoms with Crippen molar-refractivity contribution < 1.29 is 34.3 Å². The number of benzene rings is 4. The minimum Gasteiger partial charge on any atom is -0.508 e. The van der Waals surface area contributed by atoms with Crippen LogP contribution in [0.2, 0.25) is 0 Å². The average molecular weight is 649 g/mol. The van der Waals surface area contributed by atoms with Gasteiger partial charge in [-0.2, -0.15) is 0 Å². The first-order valence-electron chi connectivity index (χ1n) is 16.7. The number of phenols is 2. The predicted octanol–water partition coefficient (Wildman–Crippen LogP) is 3.99. The minimum absolute atomic E-state index is 0.0615. The zero-order chi connectivity index (χ0) is 32.9. The van der Waals surface area contributed by atoms with Crippen LogP contribution in [-0.4, -0.2) is 61.6 Å². The van der Waals surface area contributed by atoms with E-state index < -0.39 is 6.10 Å². The number of aliphatic hydroxyl groups is 1. The predicted molar refractivity (Wildman–Crippen MR) is 181 cm³/mol. The Balaban J connectivity index is 1.29. The molecule has 0 aromatic heterocycles. The summed E-state index contributed by atoms with van der Waals surface area (Å²) in [6.07, 6.45) is 4.53. The highest BCUT2D eigenvalue weighted by Gasteiger charge is 2.42. The van der Waals surface area contributed by atoms with Gasteiger partial charge in [0.15, 0.2) is 17.6 Å². The molecule has 4 aromatic rings. The van der Waals surface area contributed by atoms with Crippen molar-refractivity contribution in [2.75, 3.05) is 34.0 Å². The summed E-state index contributed by atoms with van der Waals surface area (Å²) in [5, 5.41) is 36.6. The fourth-order valence-electron chi connectivity index (χ4n) is 7.97. The van der Waals surface area contributed by atoms with Gasteiger partial charge in [-0.05, 0) is 108 Å². The minimum atomic E-state index is -0.463. The van der Waals surface area contributed by atoms with Gasteiger partial charge in [0.1, 0.15) is 29.5 Å². The van der Waals surface area contributed by atoms with Crippen LogP contribution in [0.4, 0.5) is 0 Å². The lowest BCUT2D eigenvalue weighted by Crippen LogP contribution is -2.37. The highest BCUT2D eigenvalue weighted by atomic mass is 16.6. The molecule has 9 nitrogen and oxygen atoms in total. The normalized spacial score (nSPS) is 21.6. The van der Waals surface area contributed by atoms with Crippen molar-refractivity contribution in [2.45, 2.75) is 56.3 Å². The molecule has 1 aliphatic carbocycles. The molecule has 4 aromatic carbocycles. The molecule has 0 spiro atoms. The van der Waals surface area contributed by atoms with Crippen molar-refractivity contribution in [1.29, 1.82) is 0 Å². The maximum atomic E-state index is 10.7. The maximum Gasteiger partial charge on any atom is 0.160 e. The van der Waals surface area contributed by atoms with Crippen LogP contribution in [0, 0.1) is 0 Å². The molecule has 3 aliphatic heterocycles. The summed E-state index contributed by atoms with van der Waals surface area (Å²) in [6.45, 7) is 0.984. The van der Waals surface area contributed by atoms with Crippen molar-refractivity contribution >= 4 is 6.08 Å². The van der Waals surface area contributed by atoms with Gasteiger partial charge in [0, 0.05) is 23.1 Å². The van der Waals surface area contributed by atoms with Gasteiger partial charge in [-0.3, -0.25) is 10.3 Å². The van der Waals surface area contributed by atoms with E-state index in [2.05, 4.69) is 34.6 Å². The molecule has 0 saturated carbocycles. The SMILES string of the molecule is CNCO[C@@H]1Cc2c3c(c4c(c2O[C@@H]1c1ccc(O)c(OC)c1)CC[C@H](CO)O4)-c1ccc(O)cc1[C@H](Cc1ccc2c(c1)=CCN=2)C3. The fourth-order valence-corrected chi connectivity index (χ4v) is 7.97. The first kappa shape index (κ1) is 30.7. The van der Waals surface area contributed by atoms with Gasteiger partial charge >= 0.3 is 0 Å². The Labute approximate surface area is 279 Å². The first-order chi connectivity index (χ1) is 23.4. The van der Waals surface area contributed by atoms with Crippen LogP contribution in [0.25, 0.3) is 17.2 Å². The summed E-state index contributed by atoms with van der Waals surface area (Å²) in [5.74, 6) is 2.33. The summed E-state index contributed by atoms with van der Waals surface area (Å²) in [7, 11) is 3.39. The quantitative estimate of drug-likeness (QED) is 0.212. The molecule has 0 fully saturated rings. The highest BCUT2D eigenvalue weighted by Crippen LogP contribution is 2.56. The largest absolute Gasteiger partial charge is 0.508 e. The number of ether oxygens (including phenoxy) is 4. The molecule has 0 bridgehead atoms. The van der Waals surface area contributed by atoms with Crippen molar-refractivity contribution in [3.05, 3.63) is 98.6 Å². The molecule has 3 heterocycles. The highest BCUT2D eigenvalue weighted by molar-refractivity contribution is 5.85. The van der Waals surface area contributed by atoms with E-state index in [1.165, 1.54) is 17.9 Å². The number of rotatable bonds is 8. The number of phenolic OH excluding ortho intramolecular Hbond substituents is 2. The van der Waals surface area contributed by atoms with Crippen molar-refractivity contribution in [3.63, 3.8) is 0 Å². The van der Waals surface area contributed by atoms with E-state index in [0.29, 0.717) is 38.3 Å².